The van der Waals surface area contributed by atoms with E-state index in [2.05, 4.69) is 20.6 Å². The molecule has 0 spiro atoms. The number of rotatable bonds is 8. The van der Waals surface area contributed by atoms with Gasteiger partial charge in [0.05, 0.1) is 19.8 Å². The van der Waals surface area contributed by atoms with E-state index in [1.807, 2.05) is 18.7 Å². The molecule has 0 atom stereocenters. The van der Waals surface area contributed by atoms with E-state index in [1.165, 1.54) is 0 Å². The summed E-state index contributed by atoms with van der Waals surface area (Å²) >= 11 is 0. The van der Waals surface area contributed by atoms with Crippen LogP contribution in [0.1, 0.15) is 31.5 Å². The van der Waals surface area contributed by atoms with Gasteiger partial charge in [0, 0.05) is 42.1 Å². The van der Waals surface area contributed by atoms with E-state index < -0.39 is 6.09 Å². The number of carbonyl (C=O) groups is 2. The summed E-state index contributed by atoms with van der Waals surface area (Å²) in [6.07, 6.45) is -0.158. The molecule has 0 unspecified atom stereocenters. The Morgan fingerprint density at radius 2 is 1.91 bits per heavy atom. The van der Waals surface area contributed by atoms with Crippen LogP contribution in [-0.2, 0) is 20.7 Å². The van der Waals surface area contributed by atoms with Crippen LogP contribution in [0.25, 0.3) is 0 Å². The van der Waals surface area contributed by atoms with Gasteiger partial charge in [-0.1, -0.05) is 19.9 Å². The maximum Gasteiger partial charge on any atom is 0.411 e. The molecule has 1 aliphatic rings. The van der Waals surface area contributed by atoms with Gasteiger partial charge in [0.2, 0.25) is 11.9 Å². The molecule has 1 fully saturated rings. The zero-order chi connectivity index (χ0) is 23.8. The van der Waals surface area contributed by atoms with Crippen molar-refractivity contribution in [1.29, 1.82) is 0 Å². The lowest BCUT2D eigenvalue weighted by atomic mass is 10.1. The van der Waals surface area contributed by atoms with E-state index in [0.717, 1.165) is 0 Å². The summed E-state index contributed by atoms with van der Waals surface area (Å²) in [5.41, 5.74) is 1.91. The van der Waals surface area contributed by atoms with Crippen LogP contribution < -0.4 is 21.1 Å². The van der Waals surface area contributed by atoms with Crippen molar-refractivity contribution in [1.82, 2.24) is 9.97 Å². The molecule has 3 rings (SSSR count). The fraction of sp³-hybridized carbons (Fsp3) is 0.478. The van der Waals surface area contributed by atoms with Crippen molar-refractivity contribution in [2.45, 2.75) is 33.6 Å². The van der Waals surface area contributed by atoms with Crippen LogP contribution in [0.4, 0.5) is 22.1 Å². The summed E-state index contributed by atoms with van der Waals surface area (Å²) in [5, 5.41) is 5.43. The number of nitrogens with zero attached hydrogens (tertiary/aromatic N) is 2. The highest BCUT2D eigenvalue weighted by Crippen LogP contribution is 2.16. The second kappa shape index (κ2) is 11.5. The number of anilines is 3. The number of amides is 2. The molecule has 0 aliphatic carbocycles. The van der Waals surface area contributed by atoms with Crippen molar-refractivity contribution in [2.75, 3.05) is 48.4 Å². The highest BCUT2D eigenvalue weighted by Gasteiger charge is 2.17. The molecule has 0 bridgehead atoms. The first-order chi connectivity index (χ1) is 15.8. The van der Waals surface area contributed by atoms with Crippen molar-refractivity contribution in [3.8, 4) is 0 Å². The molecule has 1 aromatic carbocycles. The Labute approximate surface area is 192 Å². The lowest BCUT2D eigenvalue weighted by Gasteiger charge is -2.27. The summed E-state index contributed by atoms with van der Waals surface area (Å²) in [7, 11) is 0. The zero-order valence-corrected chi connectivity index (χ0v) is 19.3. The lowest BCUT2D eigenvalue weighted by Crippen LogP contribution is -2.38. The Morgan fingerprint density at radius 3 is 2.58 bits per heavy atom. The van der Waals surface area contributed by atoms with Crippen LogP contribution in [0.2, 0.25) is 0 Å². The minimum absolute atomic E-state index is 0.122. The van der Waals surface area contributed by atoms with E-state index in [-0.39, 0.29) is 30.2 Å². The van der Waals surface area contributed by atoms with Crippen LogP contribution in [0.15, 0.2) is 29.1 Å². The fourth-order valence-corrected chi connectivity index (χ4v) is 3.35. The monoisotopic (exact) mass is 457 g/mol. The van der Waals surface area contributed by atoms with Crippen LogP contribution >= 0.6 is 0 Å². The normalized spacial score (nSPS) is 13.6. The first-order valence-corrected chi connectivity index (χ1v) is 11.1. The predicted molar refractivity (Wildman–Crippen MR) is 126 cm³/mol. The Kier molecular flexibility index (Phi) is 8.42. The molecule has 1 saturated heterocycles. The molecule has 1 aliphatic heterocycles. The van der Waals surface area contributed by atoms with Gasteiger partial charge in [-0.05, 0) is 37.5 Å². The number of aromatic amines is 1. The Hall–Kier alpha value is -3.40. The molecule has 10 heteroatoms. The van der Waals surface area contributed by atoms with Crippen molar-refractivity contribution >= 4 is 29.3 Å². The Morgan fingerprint density at radius 1 is 1.21 bits per heavy atom. The topological polar surface area (TPSA) is 126 Å². The standard InChI is InChI=1S/C23H31N5O5/c1-15(2)14-33-23(31)26-18-6-4-5-17(13-18)25-20(29)8-7-19-16(3)24-22(27-21(19)30)28-9-11-32-12-10-28/h4-6,13,15H,7-12,14H2,1-3H3,(H,25,29)(H,26,31)(H,24,27,30). The minimum atomic E-state index is -0.546. The van der Waals surface area contributed by atoms with Gasteiger partial charge in [-0.25, -0.2) is 9.78 Å². The summed E-state index contributed by atoms with van der Waals surface area (Å²) < 4.78 is 10.4. The smallest absolute Gasteiger partial charge is 0.411 e. The highest BCUT2D eigenvalue weighted by atomic mass is 16.5. The van der Waals surface area contributed by atoms with Gasteiger partial charge >= 0.3 is 6.09 Å². The van der Waals surface area contributed by atoms with Gasteiger partial charge < -0.3 is 19.7 Å². The number of carbonyl (C=O) groups excluding carboxylic acids is 2. The van der Waals surface area contributed by atoms with Gasteiger partial charge in [-0.2, -0.15) is 0 Å². The molecule has 0 radical (unpaired) electrons. The van der Waals surface area contributed by atoms with Crippen LogP contribution in [0.3, 0.4) is 0 Å². The second-order valence-corrected chi connectivity index (χ2v) is 8.30. The Balaban J connectivity index is 1.55. The third-order valence-corrected chi connectivity index (χ3v) is 5.06. The van der Waals surface area contributed by atoms with Crippen LogP contribution in [0, 0.1) is 12.8 Å². The van der Waals surface area contributed by atoms with Gasteiger partial charge in [-0.15, -0.1) is 0 Å². The number of aromatic nitrogens is 2. The lowest BCUT2D eigenvalue weighted by molar-refractivity contribution is -0.116. The Bertz CT molecular complexity index is 1030. The average molecular weight is 458 g/mol. The van der Waals surface area contributed by atoms with E-state index in [0.29, 0.717) is 61.5 Å². The largest absolute Gasteiger partial charge is 0.449 e. The number of H-pyrrole nitrogens is 1. The molecular weight excluding hydrogens is 426 g/mol. The van der Waals surface area contributed by atoms with Gasteiger partial charge in [0.15, 0.2) is 0 Å². The van der Waals surface area contributed by atoms with Crippen LogP contribution in [0.5, 0.6) is 0 Å². The van der Waals surface area contributed by atoms with Crippen molar-refractivity contribution in [2.24, 2.45) is 5.92 Å². The summed E-state index contributed by atoms with van der Waals surface area (Å²) in [4.78, 5) is 46.2. The summed E-state index contributed by atoms with van der Waals surface area (Å²) in [6.45, 7) is 8.55. The molecule has 2 aromatic rings. The SMILES string of the molecule is Cc1nc(N2CCOCC2)[nH]c(=O)c1CCC(=O)Nc1cccc(NC(=O)OCC(C)C)c1. The number of benzene rings is 1. The fourth-order valence-electron chi connectivity index (χ4n) is 3.35. The van der Waals surface area contributed by atoms with Crippen molar-refractivity contribution in [3.05, 3.63) is 45.9 Å². The highest BCUT2D eigenvalue weighted by molar-refractivity contribution is 5.92. The number of hydrogen-bond donors (Lipinski definition) is 3. The number of hydrogen-bond acceptors (Lipinski definition) is 7. The third kappa shape index (κ3) is 7.31. The van der Waals surface area contributed by atoms with E-state index in [9.17, 15) is 14.4 Å². The zero-order valence-electron chi connectivity index (χ0n) is 19.3. The minimum Gasteiger partial charge on any atom is -0.449 e. The van der Waals surface area contributed by atoms with Gasteiger partial charge in [-0.3, -0.25) is 19.9 Å². The molecular formula is C23H31N5O5. The molecule has 10 nitrogen and oxygen atoms in total. The average Bonchev–Trinajstić information content (AvgIpc) is 2.78. The summed E-state index contributed by atoms with van der Waals surface area (Å²) in [6, 6.07) is 6.79. The van der Waals surface area contributed by atoms with Crippen molar-refractivity contribution in [3.63, 3.8) is 0 Å². The van der Waals surface area contributed by atoms with Gasteiger partial charge in [0.25, 0.3) is 5.56 Å². The molecule has 3 N–H and O–H groups in total. The number of aryl methyl sites for hydroxylation is 1. The molecule has 2 amide bonds. The molecule has 2 heterocycles. The summed E-state index contributed by atoms with van der Waals surface area (Å²) in [5.74, 6) is 0.527. The molecule has 0 saturated carbocycles. The maximum atomic E-state index is 12.6. The molecule has 1 aromatic heterocycles. The number of morpholine rings is 1. The number of nitrogens with one attached hydrogen (secondary N) is 3. The van der Waals surface area contributed by atoms with Crippen molar-refractivity contribution < 1.29 is 19.1 Å². The molecule has 33 heavy (non-hydrogen) atoms. The molecule has 178 valence electrons. The van der Waals surface area contributed by atoms with E-state index in [1.54, 1.807) is 31.2 Å². The van der Waals surface area contributed by atoms with E-state index >= 15 is 0 Å². The number of ether oxygens (including phenoxy) is 2. The third-order valence-electron chi connectivity index (χ3n) is 5.06. The van der Waals surface area contributed by atoms with Crippen LogP contribution in [-0.4, -0.2) is 54.9 Å². The quantitative estimate of drug-likeness (QED) is 0.556. The first-order valence-electron chi connectivity index (χ1n) is 11.1. The maximum absolute atomic E-state index is 12.6. The predicted octanol–water partition coefficient (Wildman–Crippen LogP) is 2.69. The van der Waals surface area contributed by atoms with E-state index in [4.69, 9.17) is 9.47 Å². The second-order valence-electron chi connectivity index (χ2n) is 8.30. The first kappa shape index (κ1) is 24.2. The van der Waals surface area contributed by atoms with Gasteiger partial charge in [0.1, 0.15) is 0 Å².